The van der Waals surface area contributed by atoms with Crippen molar-refractivity contribution in [3.8, 4) is 0 Å². The second-order valence-electron chi connectivity index (χ2n) is 11.5. The van der Waals surface area contributed by atoms with Crippen molar-refractivity contribution >= 4 is 20.1 Å². The zero-order valence-corrected chi connectivity index (χ0v) is 22.2. The summed E-state index contributed by atoms with van der Waals surface area (Å²) in [6.45, 7) is 15.8. The maximum atomic E-state index is 14.0. The molecule has 184 valence electrons. The van der Waals surface area contributed by atoms with E-state index in [1.54, 1.807) is 27.8 Å². The summed E-state index contributed by atoms with van der Waals surface area (Å²) in [7, 11) is 0.617. The van der Waals surface area contributed by atoms with Gasteiger partial charge in [0.15, 0.2) is 14.1 Å². The van der Waals surface area contributed by atoms with Gasteiger partial charge in [0.1, 0.15) is 11.7 Å². The summed E-state index contributed by atoms with van der Waals surface area (Å²) in [6, 6.07) is 0. The number of rotatable bonds is 4. The smallest absolute Gasteiger partial charge is 0.281 e. The highest BCUT2D eigenvalue weighted by Gasteiger charge is 2.71. The van der Waals surface area contributed by atoms with Crippen LogP contribution in [0.5, 0.6) is 0 Å². The number of nitrogens with zero attached hydrogens (tertiary/aromatic N) is 2. The lowest BCUT2D eigenvalue weighted by molar-refractivity contribution is -0.286. The lowest BCUT2D eigenvalue weighted by atomic mass is 9.84. The van der Waals surface area contributed by atoms with Gasteiger partial charge in [0.05, 0.1) is 13.2 Å². The molecule has 0 saturated carbocycles. The van der Waals surface area contributed by atoms with Crippen LogP contribution < -0.4 is 0 Å². The second kappa shape index (κ2) is 7.48. The van der Waals surface area contributed by atoms with E-state index in [2.05, 4.69) is 33.9 Å². The summed E-state index contributed by atoms with van der Waals surface area (Å²) in [4.78, 5) is 30.5. The number of amides is 2. The quantitative estimate of drug-likeness (QED) is 0.625. The number of carbonyl (C=O) groups excluding carboxylic acids is 2. The third kappa shape index (κ3) is 3.54. The molecule has 1 N–H and O–H groups in total. The minimum absolute atomic E-state index is 0.0525. The molecule has 0 aromatic heterocycles. The highest BCUT2D eigenvalue weighted by molar-refractivity contribution is 6.74. The predicted octanol–water partition coefficient (Wildman–Crippen LogP) is 2.04. The lowest BCUT2D eigenvalue weighted by Gasteiger charge is -2.60. The molecule has 2 amide bonds. The summed E-state index contributed by atoms with van der Waals surface area (Å²) < 4.78 is 24.4. The van der Waals surface area contributed by atoms with E-state index >= 15 is 0 Å². The first-order valence-corrected chi connectivity index (χ1v) is 14.2. The van der Waals surface area contributed by atoms with Crippen molar-refractivity contribution in [1.29, 1.82) is 0 Å². The van der Waals surface area contributed by atoms with E-state index < -0.39 is 49.1 Å². The van der Waals surface area contributed by atoms with Crippen LogP contribution in [0.4, 0.5) is 0 Å². The SMILES string of the molecule is CN1C(=O)C2(C(O)C3(C)COC(C)(C)O3)OCCCC1(O[Si](C)(C)C(C)(C)C)C(=O)N2C. The standard InChI is InChI=1S/C22H40N2O7Si/c1-18(2,3)32(9,10)31-21-12-11-13-28-22(17(27)23(21)7,24(8)16(21)26)15(25)20(6)14-29-19(4,5)30-20/h15,25H,11-14H2,1-10H3. The fourth-order valence-electron chi connectivity index (χ4n) is 4.68. The Hall–Kier alpha value is -1.04. The van der Waals surface area contributed by atoms with Gasteiger partial charge < -0.3 is 33.5 Å². The Bertz CT molecular complexity index is 798. The molecule has 4 saturated heterocycles. The number of hydrogen-bond donors (Lipinski definition) is 1. The van der Waals surface area contributed by atoms with Crippen molar-refractivity contribution in [2.45, 2.75) is 101 Å². The fraction of sp³-hybridized carbons (Fsp3) is 0.909. The number of likely N-dealkylation sites (N-methyl/N-ethyl adjacent to an activating group) is 2. The normalized spacial score (nSPS) is 37.0. The summed E-state index contributed by atoms with van der Waals surface area (Å²) in [5.41, 5.74) is -4.63. The minimum atomic E-state index is -2.44. The Kier molecular flexibility index (Phi) is 5.98. The first-order chi connectivity index (χ1) is 14.4. The maximum absolute atomic E-state index is 14.0. The molecule has 10 heteroatoms. The van der Waals surface area contributed by atoms with E-state index in [-0.39, 0.29) is 18.3 Å². The average molecular weight is 473 g/mol. The van der Waals surface area contributed by atoms with Crippen LogP contribution in [0.1, 0.15) is 54.4 Å². The number of hydrogen-bond acceptors (Lipinski definition) is 7. The lowest BCUT2D eigenvalue weighted by Crippen LogP contribution is -2.83. The molecule has 4 rings (SSSR count). The zero-order valence-electron chi connectivity index (χ0n) is 21.2. The molecule has 0 aliphatic carbocycles. The highest BCUT2D eigenvalue weighted by atomic mass is 28.4. The number of aliphatic hydroxyl groups is 1. The first kappa shape index (κ1) is 25.6. The molecule has 4 aliphatic rings. The molecule has 9 nitrogen and oxygen atoms in total. The third-order valence-corrected chi connectivity index (χ3v) is 12.1. The Balaban J connectivity index is 2.09. The second-order valence-corrected chi connectivity index (χ2v) is 16.3. The van der Waals surface area contributed by atoms with Gasteiger partial charge in [-0.05, 0) is 45.3 Å². The highest BCUT2D eigenvalue weighted by Crippen LogP contribution is 2.48. The molecule has 4 unspecified atom stereocenters. The van der Waals surface area contributed by atoms with Gasteiger partial charge in [0.2, 0.25) is 5.72 Å². The molecule has 4 atom stereocenters. The number of fused-ring (bicyclic) bond motifs is 5. The molecular formula is C22H40N2O7Si. The Labute approximate surface area is 192 Å². The van der Waals surface area contributed by atoms with Crippen molar-refractivity contribution in [3.05, 3.63) is 0 Å². The topological polar surface area (TPSA) is 97.8 Å². The van der Waals surface area contributed by atoms with Crippen molar-refractivity contribution < 1.29 is 33.3 Å². The van der Waals surface area contributed by atoms with Crippen molar-refractivity contribution in [2.75, 3.05) is 27.3 Å². The van der Waals surface area contributed by atoms with Crippen LogP contribution in [0.3, 0.4) is 0 Å². The van der Waals surface area contributed by atoms with E-state index in [1.807, 2.05) is 0 Å². The fourth-order valence-corrected chi connectivity index (χ4v) is 6.16. The number of carbonyl (C=O) groups is 2. The van der Waals surface area contributed by atoms with Crippen LogP contribution in [-0.2, 0) is 28.2 Å². The zero-order chi connectivity index (χ0) is 24.5. The van der Waals surface area contributed by atoms with Gasteiger partial charge in [0.25, 0.3) is 17.5 Å². The van der Waals surface area contributed by atoms with Gasteiger partial charge in [-0.2, -0.15) is 0 Å². The summed E-state index contributed by atoms with van der Waals surface area (Å²) in [5.74, 6) is -1.86. The first-order valence-electron chi connectivity index (χ1n) is 11.3. The molecule has 2 bridgehead atoms. The largest absolute Gasteiger partial charge is 0.388 e. The summed E-state index contributed by atoms with van der Waals surface area (Å²) in [6.07, 6.45) is -0.662. The Morgan fingerprint density at radius 2 is 1.66 bits per heavy atom. The van der Waals surface area contributed by atoms with Crippen LogP contribution >= 0.6 is 0 Å². The van der Waals surface area contributed by atoms with Crippen molar-refractivity contribution in [2.24, 2.45) is 0 Å². The number of aliphatic hydroxyl groups excluding tert-OH is 1. The molecule has 0 aromatic carbocycles. The van der Waals surface area contributed by atoms with Crippen LogP contribution in [0.25, 0.3) is 0 Å². The van der Waals surface area contributed by atoms with Crippen LogP contribution in [0.2, 0.25) is 18.1 Å². The van der Waals surface area contributed by atoms with Gasteiger partial charge in [-0.1, -0.05) is 20.8 Å². The van der Waals surface area contributed by atoms with E-state index in [9.17, 15) is 14.7 Å². The number of piperazine rings is 1. The van der Waals surface area contributed by atoms with Crippen LogP contribution in [0.15, 0.2) is 0 Å². The molecule has 0 aromatic rings. The summed E-state index contributed by atoms with van der Waals surface area (Å²) >= 11 is 0. The third-order valence-electron chi connectivity index (χ3n) is 7.64. The molecule has 4 aliphatic heterocycles. The monoisotopic (exact) mass is 472 g/mol. The van der Waals surface area contributed by atoms with Crippen molar-refractivity contribution in [1.82, 2.24) is 9.80 Å². The van der Waals surface area contributed by atoms with E-state index in [0.29, 0.717) is 12.8 Å². The number of ether oxygens (including phenoxy) is 3. The van der Waals surface area contributed by atoms with E-state index in [4.69, 9.17) is 18.6 Å². The molecule has 4 heterocycles. The van der Waals surface area contributed by atoms with Crippen molar-refractivity contribution in [3.63, 3.8) is 0 Å². The Morgan fingerprint density at radius 1 is 1.06 bits per heavy atom. The average Bonchev–Trinajstić information content (AvgIpc) is 2.96. The van der Waals surface area contributed by atoms with Gasteiger partial charge in [0, 0.05) is 20.5 Å². The minimum Gasteiger partial charge on any atom is -0.388 e. The molecular weight excluding hydrogens is 432 g/mol. The van der Waals surface area contributed by atoms with E-state index in [1.165, 1.54) is 16.8 Å². The van der Waals surface area contributed by atoms with Gasteiger partial charge >= 0.3 is 0 Å². The molecule has 32 heavy (non-hydrogen) atoms. The Morgan fingerprint density at radius 3 is 2.16 bits per heavy atom. The van der Waals surface area contributed by atoms with Crippen LogP contribution in [0, 0.1) is 0 Å². The molecule has 0 radical (unpaired) electrons. The van der Waals surface area contributed by atoms with Crippen LogP contribution in [-0.4, -0.2) is 91.3 Å². The molecule has 0 spiro atoms. The van der Waals surface area contributed by atoms with E-state index in [0.717, 1.165) is 0 Å². The molecule has 4 fully saturated rings. The summed E-state index contributed by atoms with van der Waals surface area (Å²) in [5, 5.41) is 11.4. The van der Waals surface area contributed by atoms with Gasteiger partial charge in [-0.25, -0.2) is 0 Å². The maximum Gasteiger partial charge on any atom is 0.281 e. The van der Waals surface area contributed by atoms with Gasteiger partial charge in [-0.15, -0.1) is 0 Å². The van der Waals surface area contributed by atoms with Gasteiger partial charge in [-0.3, -0.25) is 9.59 Å². The predicted molar refractivity (Wildman–Crippen MR) is 120 cm³/mol.